The number of methoxy groups -OCH3 is 1. The molecule has 0 bridgehead atoms. The Morgan fingerprint density at radius 2 is 0.568 bits per heavy atom. The molecule has 0 fully saturated rings. The van der Waals surface area contributed by atoms with Crippen LogP contribution in [0, 0.1) is 0 Å². The molecule has 44 heavy (non-hydrogen) atoms. The quantitative estimate of drug-likeness (QED) is 0.0691. The van der Waals surface area contributed by atoms with Crippen molar-refractivity contribution in [1.29, 1.82) is 0 Å². The third-order valence-electron chi connectivity index (χ3n) is 5.00. The maximum atomic E-state index is 10.9. The van der Waals surface area contributed by atoms with E-state index in [0.717, 1.165) is 0 Å². The maximum absolute atomic E-state index is 10.9. The van der Waals surface area contributed by atoms with Crippen molar-refractivity contribution in [2.24, 2.45) is 0 Å². The molecule has 0 aromatic heterocycles. The van der Waals surface area contributed by atoms with Crippen molar-refractivity contribution in [2.45, 2.75) is 6.42 Å². The minimum Gasteiger partial charge on any atom is -0.480 e. The average Bonchev–Trinajstić information content (AvgIpc) is 3.02. The predicted molar refractivity (Wildman–Crippen MR) is 154 cm³/mol. The van der Waals surface area contributed by atoms with Crippen molar-refractivity contribution in [1.82, 2.24) is 0 Å². The molecular formula is C28H54O16. The van der Waals surface area contributed by atoms with Gasteiger partial charge in [-0.15, -0.1) is 0 Å². The van der Waals surface area contributed by atoms with Crippen LogP contribution in [0.15, 0.2) is 0 Å². The molecule has 0 aliphatic carbocycles. The normalized spacial score (nSPS) is 11.3. The van der Waals surface area contributed by atoms with Gasteiger partial charge in [0.15, 0.2) is 0 Å². The van der Waals surface area contributed by atoms with Crippen LogP contribution in [0.25, 0.3) is 0 Å². The Bertz CT molecular complexity index is 598. The number of rotatable bonds is 38. The number of carbonyl (C=O) groups excluding carboxylic acids is 1. The lowest BCUT2D eigenvalue weighted by Crippen LogP contribution is -2.15. The van der Waals surface area contributed by atoms with E-state index in [4.69, 9.17) is 61.9 Å². The Morgan fingerprint density at radius 3 is 0.773 bits per heavy atom. The molecule has 0 radical (unpaired) electrons. The Morgan fingerprint density at radius 1 is 0.364 bits per heavy atom. The molecule has 0 aromatic rings. The molecule has 262 valence electrons. The molecule has 0 unspecified atom stereocenters. The standard InChI is InChI=1S/C28H54O16/c1-32-28(31)2-3-33-4-5-34-6-7-35-8-9-36-10-11-37-12-13-38-14-15-39-16-17-40-18-19-41-20-21-42-22-23-43-24-25-44-26-27(29)30/h2-26H2,1H3,(H,29,30). The number of carboxylic acids is 1. The summed E-state index contributed by atoms with van der Waals surface area (Å²) < 4.78 is 68.6. The highest BCUT2D eigenvalue weighted by molar-refractivity contribution is 5.69. The van der Waals surface area contributed by atoms with Crippen molar-refractivity contribution in [3.63, 3.8) is 0 Å². The fourth-order valence-corrected chi connectivity index (χ4v) is 2.84. The summed E-state index contributed by atoms with van der Waals surface area (Å²) in [5.74, 6) is -1.29. The van der Waals surface area contributed by atoms with Crippen LogP contribution in [0.3, 0.4) is 0 Å². The largest absolute Gasteiger partial charge is 0.480 e. The molecule has 0 rings (SSSR count). The molecule has 0 aromatic carbocycles. The lowest BCUT2D eigenvalue weighted by Gasteiger charge is -2.09. The number of hydrogen-bond donors (Lipinski definition) is 1. The van der Waals surface area contributed by atoms with E-state index < -0.39 is 5.97 Å². The van der Waals surface area contributed by atoms with Crippen molar-refractivity contribution in [3.8, 4) is 0 Å². The molecule has 16 heteroatoms. The van der Waals surface area contributed by atoms with Crippen LogP contribution < -0.4 is 0 Å². The molecule has 0 heterocycles. The summed E-state index contributed by atoms with van der Waals surface area (Å²) in [5, 5.41) is 8.42. The first-order valence-electron chi connectivity index (χ1n) is 14.9. The fraction of sp³-hybridized carbons (Fsp3) is 0.929. The molecule has 0 spiro atoms. The zero-order valence-corrected chi connectivity index (χ0v) is 26.2. The van der Waals surface area contributed by atoms with Gasteiger partial charge in [0.2, 0.25) is 0 Å². The maximum Gasteiger partial charge on any atom is 0.329 e. The number of aliphatic carboxylic acids is 1. The van der Waals surface area contributed by atoms with Gasteiger partial charge >= 0.3 is 11.9 Å². The lowest BCUT2D eigenvalue weighted by molar-refractivity contribution is -0.143. The van der Waals surface area contributed by atoms with Gasteiger partial charge in [-0.3, -0.25) is 4.79 Å². The van der Waals surface area contributed by atoms with Gasteiger partial charge in [0, 0.05) is 0 Å². The second kappa shape index (κ2) is 37.6. The van der Waals surface area contributed by atoms with E-state index in [1.165, 1.54) is 7.11 Å². The van der Waals surface area contributed by atoms with E-state index in [1.807, 2.05) is 0 Å². The molecular weight excluding hydrogens is 592 g/mol. The molecule has 0 saturated heterocycles. The third-order valence-corrected chi connectivity index (χ3v) is 5.00. The highest BCUT2D eigenvalue weighted by Gasteiger charge is 2.00. The molecule has 0 aliphatic rings. The van der Waals surface area contributed by atoms with E-state index >= 15 is 0 Å². The van der Waals surface area contributed by atoms with Gasteiger partial charge in [-0.1, -0.05) is 0 Å². The first kappa shape index (κ1) is 42.5. The summed E-state index contributed by atoms with van der Waals surface area (Å²) in [7, 11) is 1.35. The van der Waals surface area contributed by atoms with Crippen molar-refractivity contribution in [2.75, 3.05) is 166 Å². The minimum atomic E-state index is -0.999. The third kappa shape index (κ3) is 38.5. The number of ether oxygens (including phenoxy) is 13. The number of carbonyl (C=O) groups is 2. The molecule has 0 aliphatic heterocycles. The van der Waals surface area contributed by atoms with Gasteiger partial charge in [-0.2, -0.15) is 0 Å². The number of carboxylic acid groups (broad SMARTS) is 1. The van der Waals surface area contributed by atoms with Gasteiger partial charge in [0.25, 0.3) is 0 Å². The first-order chi connectivity index (χ1) is 21.7. The summed E-state index contributed by atoms with van der Waals surface area (Å²) in [4.78, 5) is 21.2. The topological polar surface area (TPSA) is 174 Å². The Labute approximate surface area is 260 Å². The Hall–Kier alpha value is -1.54. The SMILES string of the molecule is COC(=O)CCOCCOCCOCCOCCOCCOCCOCCOCCOCCOCCOCCOCC(=O)O. The summed E-state index contributed by atoms with van der Waals surface area (Å²) in [5.41, 5.74) is 0. The molecule has 1 N–H and O–H groups in total. The monoisotopic (exact) mass is 646 g/mol. The highest BCUT2D eigenvalue weighted by Crippen LogP contribution is 1.89. The fourth-order valence-electron chi connectivity index (χ4n) is 2.84. The molecule has 0 saturated carbocycles. The Balaban J connectivity index is 3.05. The number of esters is 1. The van der Waals surface area contributed by atoms with Crippen LogP contribution in [0.1, 0.15) is 6.42 Å². The summed E-state index contributed by atoms with van der Waals surface area (Å²) in [6.07, 6.45) is 0.239. The van der Waals surface area contributed by atoms with Gasteiger partial charge in [-0.05, 0) is 0 Å². The van der Waals surface area contributed by atoms with Crippen LogP contribution in [-0.2, 0) is 71.2 Å². The predicted octanol–water partition coefficient (Wildman–Crippen LogP) is -0.167. The summed E-state index contributed by atoms with van der Waals surface area (Å²) >= 11 is 0. The highest BCUT2D eigenvalue weighted by atomic mass is 16.6. The lowest BCUT2D eigenvalue weighted by atomic mass is 10.5. The van der Waals surface area contributed by atoms with Crippen LogP contribution >= 0.6 is 0 Å². The van der Waals surface area contributed by atoms with E-state index in [1.54, 1.807) is 0 Å². The van der Waals surface area contributed by atoms with E-state index in [-0.39, 0.29) is 25.6 Å². The van der Waals surface area contributed by atoms with Gasteiger partial charge < -0.3 is 66.7 Å². The molecule has 16 nitrogen and oxygen atoms in total. The van der Waals surface area contributed by atoms with Gasteiger partial charge in [0.1, 0.15) is 6.61 Å². The average molecular weight is 647 g/mol. The van der Waals surface area contributed by atoms with Crippen molar-refractivity contribution >= 4 is 11.9 Å². The van der Waals surface area contributed by atoms with Gasteiger partial charge in [-0.25, -0.2) is 4.79 Å². The first-order valence-corrected chi connectivity index (χ1v) is 14.9. The zero-order valence-electron chi connectivity index (χ0n) is 26.2. The minimum absolute atomic E-state index is 0.237. The van der Waals surface area contributed by atoms with Crippen LogP contribution in [-0.4, -0.2) is 183 Å². The van der Waals surface area contributed by atoms with E-state index in [9.17, 15) is 9.59 Å². The van der Waals surface area contributed by atoms with Crippen LogP contribution in [0.4, 0.5) is 0 Å². The van der Waals surface area contributed by atoms with E-state index in [0.29, 0.717) is 145 Å². The van der Waals surface area contributed by atoms with Crippen molar-refractivity contribution in [3.05, 3.63) is 0 Å². The zero-order chi connectivity index (χ0) is 32.0. The van der Waals surface area contributed by atoms with Gasteiger partial charge in [0.05, 0.1) is 165 Å². The molecule has 0 amide bonds. The smallest absolute Gasteiger partial charge is 0.329 e. The number of hydrogen-bond acceptors (Lipinski definition) is 15. The van der Waals surface area contributed by atoms with Crippen molar-refractivity contribution < 1.29 is 76.3 Å². The van der Waals surface area contributed by atoms with E-state index in [2.05, 4.69) is 4.74 Å². The second-order valence-corrected chi connectivity index (χ2v) is 8.51. The van der Waals surface area contributed by atoms with Crippen LogP contribution in [0.2, 0.25) is 0 Å². The second-order valence-electron chi connectivity index (χ2n) is 8.51. The summed E-state index contributed by atoms with van der Waals surface area (Å²) in [6.45, 7) is 9.88. The Kier molecular flexibility index (Phi) is 36.3. The summed E-state index contributed by atoms with van der Waals surface area (Å²) in [6, 6.07) is 0. The van der Waals surface area contributed by atoms with Crippen LogP contribution in [0.5, 0.6) is 0 Å². The molecule has 0 atom stereocenters.